The highest BCUT2D eigenvalue weighted by Crippen LogP contribution is 2.62. The van der Waals surface area contributed by atoms with Crippen LogP contribution in [0.5, 0.6) is 0 Å². The molecule has 0 amide bonds. The van der Waals surface area contributed by atoms with Crippen LogP contribution < -0.4 is 31.1 Å². The van der Waals surface area contributed by atoms with Gasteiger partial charge >= 0.3 is 0 Å². The van der Waals surface area contributed by atoms with E-state index >= 15 is 0 Å². The van der Waals surface area contributed by atoms with Crippen molar-refractivity contribution < 1.29 is 0 Å². The second-order valence-electron chi connectivity index (χ2n) is 27.0. The predicted molar refractivity (Wildman–Crippen MR) is 322 cm³/mol. The summed E-state index contributed by atoms with van der Waals surface area (Å²) in [4.78, 5) is 8.18. The van der Waals surface area contributed by atoms with Crippen LogP contribution in [0, 0.1) is 0 Å². The molecule has 2 unspecified atom stereocenters. The molecule has 2 aliphatic carbocycles. The third-order valence-electron chi connectivity index (χ3n) is 19.1. The zero-order chi connectivity index (χ0) is 52.4. The molecule has 3 aliphatic heterocycles. The predicted octanol–water partition coefficient (Wildman–Crippen LogP) is 17.4. The lowest BCUT2D eigenvalue weighted by atomic mass is 9.33. The van der Waals surface area contributed by atoms with Crippen LogP contribution in [-0.2, 0) is 27.1 Å². The molecule has 0 bridgehead atoms. The van der Waals surface area contributed by atoms with Crippen LogP contribution in [0.15, 0.2) is 164 Å². The molecule has 13 rings (SSSR count). The summed E-state index contributed by atoms with van der Waals surface area (Å²) in [6.45, 7) is 31.1. The number of rotatable bonds is 4. The molecule has 0 spiro atoms. The summed E-state index contributed by atoms with van der Waals surface area (Å²) in [5.74, 6) is 0. The highest BCUT2D eigenvalue weighted by atomic mass is 15.3. The standard InChI is InChI=1S/C71H74BN3/c1-66(2,3)46-29-33-49(34-30-46)73-61-36-32-48(68(7,8)9)40-57(61)72-58-43-53-51-25-17-18-26-54(51)69(10,11)56(53)44-62(58)74(59-35-31-47(67(4,5)6)39-52(59)45-23-15-14-16-24-45)64-42-50(41-63(73)65(64)72)75-60-28-20-19-27-55(60)70(12)37-21-22-38-71(70,75)13/h14-20,23-36,39-44H,21-22,37-38H2,1-13H3. The largest absolute Gasteiger partial charge is 0.334 e. The van der Waals surface area contributed by atoms with Crippen LogP contribution in [0.25, 0.3) is 22.3 Å². The fourth-order valence-corrected chi connectivity index (χ4v) is 14.6. The molecule has 3 nitrogen and oxygen atoms in total. The van der Waals surface area contributed by atoms with Gasteiger partial charge in [0.05, 0.1) is 11.2 Å². The number of anilines is 8. The first kappa shape index (κ1) is 47.9. The van der Waals surface area contributed by atoms with Crippen LogP contribution >= 0.6 is 0 Å². The van der Waals surface area contributed by atoms with E-state index < -0.39 is 0 Å². The molecule has 0 saturated heterocycles. The van der Waals surface area contributed by atoms with Gasteiger partial charge in [0, 0.05) is 56.2 Å². The Labute approximate surface area is 448 Å². The summed E-state index contributed by atoms with van der Waals surface area (Å²) < 4.78 is 0. The zero-order valence-electron chi connectivity index (χ0n) is 46.8. The summed E-state index contributed by atoms with van der Waals surface area (Å²) in [6.07, 6.45) is 4.77. The van der Waals surface area contributed by atoms with Crippen LogP contribution in [-0.4, -0.2) is 12.3 Å². The highest BCUT2D eigenvalue weighted by Gasteiger charge is 2.58. The molecule has 8 aromatic carbocycles. The molecule has 3 heterocycles. The van der Waals surface area contributed by atoms with Crippen molar-refractivity contribution in [3.63, 3.8) is 0 Å². The summed E-state index contributed by atoms with van der Waals surface area (Å²) in [5, 5.41) is 0. The second-order valence-corrected chi connectivity index (χ2v) is 27.0. The van der Waals surface area contributed by atoms with Gasteiger partial charge in [0.2, 0.25) is 0 Å². The topological polar surface area (TPSA) is 9.72 Å². The van der Waals surface area contributed by atoms with Gasteiger partial charge in [0.1, 0.15) is 0 Å². The maximum absolute atomic E-state index is 2.81. The number of para-hydroxylation sites is 1. The summed E-state index contributed by atoms with van der Waals surface area (Å²) in [7, 11) is 0. The fraction of sp³-hybridized carbons (Fsp3) is 0.324. The lowest BCUT2D eigenvalue weighted by Crippen LogP contribution is -2.62. The zero-order valence-corrected chi connectivity index (χ0v) is 46.8. The minimum absolute atomic E-state index is 0.00730. The van der Waals surface area contributed by atoms with E-state index in [2.05, 4.69) is 269 Å². The molecule has 0 radical (unpaired) electrons. The van der Waals surface area contributed by atoms with Gasteiger partial charge in [0.15, 0.2) is 0 Å². The van der Waals surface area contributed by atoms with Gasteiger partial charge in [-0.3, -0.25) is 0 Å². The molecule has 8 aromatic rings. The van der Waals surface area contributed by atoms with Crippen LogP contribution in [0.4, 0.5) is 45.5 Å². The Kier molecular flexibility index (Phi) is 10.3. The van der Waals surface area contributed by atoms with Gasteiger partial charge in [-0.25, -0.2) is 0 Å². The first-order valence-electron chi connectivity index (χ1n) is 28.0. The Bertz CT molecular complexity index is 3640. The molecule has 1 fully saturated rings. The number of nitrogens with zero attached hydrogens (tertiary/aromatic N) is 3. The summed E-state index contributed by atoms with van der Waals surface area (Å²) >= 11 is 0. The SMILES string of the molecule is CC(C)(C)c1ccc(N2c3ccc(C(C)(C)C)cc3B3c4cc5c(cc4N(c4ccc(C(C)(C)C)cc4-c4ccccc4)c4cc(N6c7ccccc7C7(C)CCCCC67C)cc2c43)C(C)(C)c2ccccc2-5)cc1. The first-order chi connectivity index (χ1) is 35.6. The molecule has 75 heavy (non-hydrogen) atoms. The Morgan fingerprint density at radius 1 is 0.400 bits per heavy atom. The third kappa shape index (κ3) is 6.92. The van der Waals surface area contributed by atoms with E-state index in [1.807, 2.05) is 0 Å². The molecular weight excluding hydrogens is 906 g/mol. The number of benzene rings is 8. The maximum Gasteiger partial charge on any atom is 0.252 e. The molecule has 0 N–H and O–H groups in total. The summed E-state index contributed by atoms with van der Waals surface area (Å²) in [6, 6.07) is 64.7. The van der Waals surface area contributed by atoms with E-state index in [1.54, 1.807) is 0 Å². The number of hydrogen-bond donors (Lipinski definition) is 0. The average molecular weight is 980 g/mol. The quantitative estimate of drug-likeness (QED) is 0.163. The van der Waals surface area contributed by atoms with Crippen molar-refractivity contribution in [1.29, 1.82) is 0 Å². The Morgan fingerprint density at radius 3 is 1.67 bits per heavy atom. The molecule has 376 valence electrons. The van der Waals surface area contributed by atoms with E-state index in [0.29, 0.717) is 0 Å². The molecule has 0 aromatic heterocycles. The summed E-state index contributed by atoms with van der Waals surface area (Å²) in [5.41, 5.74) is 27.1. The minimum Gasteiger partial charge on any atom is -0.334 e. The number of fused-ring (bicyclic) bond motifs is 10. The smallest absolute Gasteiger partial charge is 0.252 e. The normalized spacial score (nSPS) is 20.0. The van der Waals surface area contributed by atoms with Gasteiger partial charge in [-0.2, -0.15) is 0 Å². The lowest BCUT2D eigenvalue weighted by molar-refractivity contribution is 0.195. The highest BCUT2D eigenvalue weighted by molar-refractivity contribution is 7.00. The van der Waals surface area contributed by atoms with Gasteiger partial charge in [-0.15, -0.1) is 0 Å². The molecule has 5 aliphatic rings. The lowest BCUT2D eigenvalue weighted by Gasteiger charge is -2.51. The average Bonchev–Trinajstić information content (AvgIpc) is 3.80. The van der Waals surface area contributed by atoms with E-state index in [1.165, 1.54) is 137 Å². The van der Waals surface area contributed by atoms with E-state index in [0.717, 1.165) is 6.42 Å². The Hall–Kier alpha value is -6.78. The van der Waals surface area contributed by atoms with Crippen molar-refractivity contribution in [2.75, 3.05) is 14.7 Å². The van der Waals surface area contributed by atoms with Gasteiger partial charge in [-0.05, 0) is 157 Å². The maximum atomic E-state index is 2.81. The molecule has 4 heteroatoms. The van der Waals surface area contributed by atoms with Crippen molar-refractivity contribution >= 4 is 68.6 Å². The molecule has 2 atom stereocenters. The van der Waals surface area contributed by atoms with Gasteiger partial charge in [0.25, 0.3) is 6.71 Å². The van der Waals surface area contributed by atoms with Crippen molar-refractivity contribution in [1.82, 2.24) is 0 Å². The van der Waals surface area contributed by atoms with Gasteiger partial charge < -0.3 is 14.7 Å². The molecule has 1 saturated carbocycles. The van der Waals surface area contributed by atoms with Crippen LogP contribution in [0.3, 0.4) is 0 Å². The number of hydrogen-bond acceptors (Lipinski definition) is 3. The van der Waals surface area contributed by atoms with Crippen molar-refractivity contribution in [3.8, 4) is 22.3 Å². The first-order valence-corrected chi connectivity index (χ1v) is 28.0. The van der Waals surface area contributed by atoms with Gasteiger partial charge in [-0.1, -0.05) is 205 Å². The van der Waals surface area contributed by atoms with E-state index in [-0.39, 0.29) is 39.3 Å². The van der Waals surface area contributed by atoms with E-state index in [9.17, 15) is 0 Å². The second kappa shape index (κ2) is 16.1. The van der Waals surface area contributed by atoms with Crippen molar-refractivity contribution in [2.45, 2.75) is 148 Å². The third-order valence-corrected chi connectivity index (χ3v) is 19.1. The Balaban J connectivity index is 1.20. The minimum atomic E-state index is -0.197. The van der Waals surface area contributed by atoms with Crippen LogP contribution in [0.1, 0.15) is 149 Å². The monoisotopic (exact) mass is 980 g/mol. The van der Waals surface area contributed by atoms with Crippen molar-refractivity contribution in [3.05, 3.63) is 197 Å². The van der Waals surface area contributed by atoms with Crippen molar-refractivity contribution in [2.24, 2.45) is 0 Å². The fourth-order valence-electron chi connectivity index (χ4n) is 14.6. The van der Waals surface area contributed by atoms with E-state index in [4.69, 9.17) is 0 Å². The van der Waals surface area contributed by atoms with Crippen LogP contribution in [0.2, 0.25) is 0 Å². The Morgan fingerprint density at radius 2 is 0.973 bits per heavy atom. The molecular formula is C71H74BN3.